The Morgan fingerprint density at radius 2 is 1.72 bits per heavy atom. The van der Waals surface area contributed by atoms with Crippen molar-refractivity contribution in [3.05, 3.63) is 53.6 Å². The summed E-state index contributed by atoms with van der Waals surface area (Å²) in [7, 11) is 3.24. The van der Waals surface area contributed by atoms with Crippen LogP contribution in [-0.2, 0) is 4.79 Å². The number of hydrogen-bond acceptors (Lipinski definition) is 4. The summed E-state index contributed by atoms with van der Waals surface area (Å²) >= 11 is 1.55. The molecule has 2 aromatic carbocycles. The summed E-state index contributed by atoms with van der Waals surface area (Å²) in [5.41, 5.74) is 2.10. The second-order valence-electron chi connectivity index (χ2n) is 5.91. The van der Waals surface area contributed by atoms with E-state index in [0.717, 1.165) is 22.0 Å². The number of aryl methyl sites for hydroxylation is 1. The lowest BCUT2D eigenvalue weighted by molar-refractivity contribution is -0.120. The van der Waals surface area contributed by atoms with E-state index in [1.165, 1.54) is 5.56 Å². The fraction of sp³-hybridized carbons (Fsp3) is 0.350. The van der Waals surface area contributed by atoms with Crippen LogP contribution in [0.5, 0.6) is 11.5 Å². The smallest absolute Gasteiger partial charge is 0.233 e. The number of benzene rings is 2. The molecule has 0 spiro atoms. The summed E-state index contributed by atoms with van der Waals surface area (Å²) in [5, 5.41) is 2.87. The van der Waals surface area contributed by atoms with Crippen molar-refractivity contribution in [2.75, 3.05) is 14.2 Å². The SMILES string of the molecule is COc1ccc(OC)c([C@H](C)NC(=O)[C@@H](C)Sc2ccc(C)cc2)c1. The fourth-order valence-electron chi connectivity index (χ4n) is 2.46. The Labute approximate surface area is 153 Å². The molecule has 0 aliphatic rings. The molecule has 134 valence electrons. The van der Waals surface area contributed by atoms with E-state index in [1.807, 2.05) is 51.1 Å². The molecule has 25 heavy (non-hydrogen) atoms. The van der Waals surface area contributed by atoms with Crippen LogP contribution in [0.3, 0.4) is 0 Å². The van der Waals surface area contributed by atoms with Crippen molar-refractivity contribution in [3.63, 3.8) is 0 Å². The molecule has 0 heterocycles. The zero-order valence-corrected chi connectivity index (χ0v) is 16.1. The highest BCUT2D eigenvalue weighted by molar-refractivity contribution is 8.00. The van der Waals surface area contributed by atoms with Crippen molar-refractivity contribution >= 4 is 17.7 Å². The van der Waals surface area contributed by atoms with Gasteiger partial charge in [0.1, 0.15) is 11.5 Å². The molecule has 0 aliphatic heterocycles. The van der Waals surface area contributed by atoms with Crippen LogP contribution in [0.2, 0.25) is 0 Å². The predicted molar refractivity (Wildman–Crippen MR) is 103 cm³/mol. The second kappa shape index (κ2) is 8.81. The zero-order valence-electron chi connectivity index (χ0n) is 15.3. The van der Waals surface area contributed by atoms with Gasteiger partial charge in [0.05, 0.1) is 25.5 Å². The van der Waals surface area contributed by atoms with Gasteiger partial charge in [-0.25, -0.2) is 0 Å². The van der Waals surface area contributed by atoms with E-state index in [0.29, 0.717) is 0 Å². The normalized spacial score (nSPS) is 13.0. The van der Waals surface area contributed by atoms with E-state index in [1.54, 1.807) is 26.0 Å². The Kier molecular flexibility index (Phi) is 6.76. The van der Waals surface area contributed by atoms with Crippen molar-refractivity contribution in [2.45, 2.75) is 37.0 Å². The Balaban J connectivity index is 2.05. The molecule has 0 unspecified atom stereocenters. The largest absolute Gasteiger partial charge is 0.497 e. The topological polar surface area (TPSA) is 47.6 Å². The molecule has 2 aromatic rings. The van der Waals surface area contributed by atoms with Crippen molar-refractivity contribution < 1.29 is 14.3 Å². The van der Waals surface area contributed by atoms with Gasteiger partial charge in [0.15, 0.2) is 0 Å². The summed E-state index contributed by atoms with van der Waals surface area (Å²) < 4.78 is 10.7. The molecule has 0 aliphatic carbocycles. The van der Waals surface area contributed by atoms with Crippen LogP contribution in [0.15, 0.2) is 47.4 Å². The number of amides is 1. The average Bonchev–Trinajstić information content (AvgIpc) is 2.62. The molecule has 0 saturated carbocycles. The summed E-state index contributed by atoms with van der Waals surface area (Å²) in [4.78, 5) is 13.6. The Hall–Kier alpha value is -2.14. The molecule has 0 fully saturated rings. The molecule has 0 radical (unpaired) electrons. The van der Waals surface area contributed by atoms with E-state index in [9.17, 15) is 4.79 Å². The van der Waals surface area contributed by atoms with Crippen molar-refractivity contribution in [1.29, 1.82) is 0 Å². The fourth-order valence-corrected chi connectivity index (χ4v) is 3.34. The minimum Gasteiger partial charge on any atom is -0.497 e. The van der Waals surface area contributed by atoms with Crippen molar-refractivity contribution in [2.24, 2.45) is 0 Å². The van der Waals surface area contributed by atoms with Crippen LogP contribution >= 0.6 is 11.8 Å². The summed E-state index contributed by atoms with van der Waals surface area (Å²) in [5.74, 6) is 1.45. The van der Waals surface area contributed by atoms with Crippen LogP contribution in [-0.4, -0.2) is 25.4 Å². The first kappa shape index (κ1) is 19.2. The first-order valence-corrected chi connectivity index (χ1v) is 9.08. The predicted octanol–water partition coefficient (Wildman–Crippen LogP) is 4.37. The summed E-state index contributed by atoms with van der Waals surface area (Å²) in [6.45, 7) is 5.90. The molecule has 1 amide bonds. The van der Waals surface area contributed by atoms with Crippen LogP contribution < -0.4 is 14.8 Å². The summed E-state index contributed by atoms with van der Waals surface area (Å²) in [6, 6.07) is 13.6. The van der Waals surface area contributed by atoms with Crippen molar-refractivity contribution in [3.8, 4) is 11.5 Å². The second-order valence-corrected chi connectivity index (χ2v) is 7.33. The van der Waals surface area contributed by atoms with Crippen LogP contribution in [0, 0.1) is 6.92 Å². The van der Waals surface area contributed by atoms with E-state index < -0.39 is 0 Å². The number of ether oxygens (including phenoxy) is 2. The number of rotatable bonds is 7. The maximum atomic E-state index is 12.5. The van der Waals surface area contributed by atoms with Gasteiger partial charge in [-0.15, -0.1) is 11.8 Å². The first-order valence-electron chi connectivity index (χ1n) is 8.20. The quantitative estimate of drug-likeness (QED) is 0.746. The average molecular weight is 359 g/mol. The molecular weight excluding hydrogens is 334 g/mol. The van der Waals surface area contributed by atoms with Crippen molar-refractivity contribution in [1.82, 2.24) is 5.32 Å². The van der Waals surface area contributed by atoms with Gasteiger partial charge >= 0.3 is 0 Å². The van der Waals surface area contributed by atoms with E-state index >= 15 is 0 Å². The molecule has 2 atom stereocenters. The van der Waals surface area contributed by atoms with Crippen LogP contribution in [0.25, 0.3) is 0 Å². The monoisotopic (exact) mass is 359 g/mol. The third-order valence-electron chi connectivity index (χ3n) is 3.97. The van der Waals surface area contributed by atoms with Crippen LogP contribution in [0.1, 0.15) is 31.0 Å². The lowest BCUT2D eigenvalue weighted by Gasteiger charge is -2.20. The maximum Gasteiger partial charge on any atom is 0.233 e. The molecule has 4 nitrogen and oxygen atoms in total. The lowest BCUT2D eigenvalue weighted by atomic mass is 10.1. The number of carbonyl (C=O) groups is 1. The van der Waals surface area contributed by atoms with Gasteiger partial charge in [-0.05, 0) is 51.1 Å². The van der Waals surface area contributed by atoms with Gasteiger partial charge in [-0.3, -0.25) is 4.79 Å². The van der Waals surface area contributed by atoms with Gasteiger partial charge in [0.25, 0.3) is 0 Å². The highest BCUT2D eigenvalue weighted by atomic mass is 32.2. The molecular formula is C20H25NO3S. The highest BCUT2D eigenvalue weighted by Gasteiger charge is 2.19. The Morgan fingerprint density at radius 3 is 2.32 bits per heavy atom. The number of carbonyl (C=O) groups excluding carboxylic acids is 1. The van der Waals surface area contributed by atoms with Gasteiger partial charge in [-0.1, -0.05) is 17.7 Å². The minimum absolute atomic E-state index is 0.0112. The lowest BCUT2D eigenvalue weighted by Crippen LogP contribution is -2.33. The third-order valence-corrected chi connectivity index (χ3v) is 5.08. The zero-order chi connectivity index (χ0) is 18.4. The number of nitrogens with one attached hydrogen (secondary N) is 1. The molecule has 0 aromatic heterocycles. The van der Waals surface area contributed by atoms with Gasteiger partial charge < -0.3 is 14.8 Å². The first-order chi connectivity index (χ1) is 11.9. The minimum atomic E-state index is -0.193. The molecule has 0 bridgehead atoms. The highest BCUT2D eigenvalue weighted by Crippen LogP contribution is 2.30. The van der Waals surface area contributed by atoms with Crippen LogP contribution in [0.4, 0.5) is 0 Å². The third kappa shape index (κ3) is 5.16. The Bertz CT molecular complexity index is 715. The number of methoxy groups -OCH3 is 2. The van der Waals surface area contributed by atoms with Gasteiger partial charge in [0.2, 0.25) is 5.91 Å². The standard InChI is InChI=1S/C20H25NO3S/c1-13-6-9-17(10-7-13)25-15(3)20(22)21-14(2)18-12-16(23-4)8-11-19(18)24-5/h6-12,14-15H,1-5H3,(H,21,22)/t14-,15+/m0/s1. The van der Waals surface area contributed by atoms with E-state index in [-0.39, 0.29) is 17.2 Å². The van der Waals surface area contributed by atoms with Gasteiger partial charge in [-0.2, -0.15) is 0 Å². The maximum absolute atomic E-state index is 12.5. The molecule has 1 N–H and O–H groups in total. The molecule has 0 saturated heterocycles. The van der Waals surface area contributed by atoms with E-state index in [4.69, 9.17) is 9.47 Å². The summed E-state index contributed by atoms with van der Waals surface area (Å²) in [6.07, 6.45) is 0. The van der Waals surface area contributed by atoms with E-state index in [2.05, 4.69) is 17.4 Å². The number of hydrogen-bond donors (Lipinski definition) is 1. The molecule has 2 rings (SSSR count). The Morgan fingerprint density at radius 1 is 1.04 bits per heavy atom. The molecule has 5 heteroatoms. The number of thioether (sulfide) groups is 1. The van der Waals surface area contributed by atoms with Gasteiger partial charge in [0, 0.05) is 10.5 Å².